The molecule has 1 aromatic heterocycles. The predicted octanol–water partition coefficient (Wildman–Crippen LogP) is 3.77. The molecule has 0 spiro atoms. The molecule has 0 amide bonds. The number of likely N-dealkylation sites (N-methyl/N-ethyl adjacent to an activating group) is 1. The molecule has 0 unspecified atom stereocenters. The number of fused-ring (bicyclic) bond motifs is 1. The Bertz CT molecular complexity index is 1180. The third-order valence-corrected chi connectivity index (χ3v) is 7.13. The first kappa shape index (κ1) is 23.8. The number of aliphatic hydroxyl groups excluding tert-OH is 2. The van der Waals surface area contributed by atoms with Gasteiger partial charge in [-0.2, -0.15) is 0 Å². The summed E-state index contributed by atoms with van der Waals surface area (Å²) in [5, 5.41) is 19.4. The first-order valence-electron chi connectivity index (χ1n) is 12.4. The monoisotopic (exact) mass is 480 g/mol. The number of nitrogens with zero attached hydrogens (tertiary/aromatic N) is 4. The summed E-state index contributed by atoms with van der Waals surface area (Å²) in [6.45, 7) is 2.45. The van der Waals surface area contributed by atoms with Crippen molar-refractivity contribution in [2.24, 2.45) is 0 Å². The molecule has 0 atom stereocenters. The van der Waals surface area contributed by atoms with Crippen LogP contribution in [-0.4, -0.2) is 66.7 Å². The van der Waals surface area contributed by atoms with Gasteiger partial charge in [-0.05, 0) is 61.4 Å². The Balaban J connectivity index is 1.44. The maximum atomic E-state index is 15.0. The van der Waals surface area contributed by atoms with Crippen LogP contribution in [0.2, 0.25) is 0 Å². The molecule has 8 heteroatoms. The molecule has 2 heterocycles. The van der Waals surface area contributed by atoms with Crippen LogP contribution in [0, 0.1) is 0 Å². The average molecular weight is 481 g/mol. The molecule has 5 rings (SSSR count). The quantitative estimate of drug-likeness (QED) is 0.482. The number of halogens is 1. The van der Waals surface area contributed by atoms with Crippen molar-refractivity contribution in [2.75, 3.05) is 56.3 Å². The topological polar surface area (TPSA) is 82.0 Å². The summed E-state index contributed by atoms with van der Waals surface area (Å²) in [5.41, 5.74) is 1.48. The van der Waals surface area contributed by atoms with Gasteiger partial charge in [-0.25, -0.2) is 14.4 Å². The van der Waals surface area contributed by atoms with E-state index in [9.17, 15) is 5.11 Å². The number of aliphatic hydroxyl groups is 2. The van der Waals surface area contributed by atoms with E-state index < -0.39 is 5.67 Å². The molecule has 3 aromatic rings. The third-order valence-electron chi connectivity index (χ3n) is 7.13. The van der Waals surface area contributed by atoms with E-state index in [4.69, 9.17) is 14.8 Å². The standard InChI is InChI=1S/C27H33FN4O3/c1-31(14-15-33)20-6-7-23-22(18-20)25(30-26(29-23)27(28)10-11-27)32-12-8-19(9-13-32)21-4-2-3-5-24(21)35-17-16-34/h2-7,18-19,33-34H,8-17H2,1H3. The Morgan fingerprint density at radius 1 is 1.09 bits per heavy atom. The Labute approximate surface area is 205 Å². The SMILES string of the molecule is CN(CCO)c1ccc2nc(C3(F)CC3)nc(N3CCC(c4ccccc4OCCO)CC3)c2c1. The maximum absolute atomic E-state index is 15.0. The second-order valence-electron chi connectivity index (χ2n) is 9.55. The summed E-state index contributed by atoms with van der Waals surface area (Å²) in [6.07, 6.45) is 2.79. The van der Waals surface area contributed by atoms with Gasteiger partial charge >= 0.3 is 0 Å². The molecular weight excluding hydrogens is 447 g/mol. The molecule has 1 aliphatic carbocycles. The molecule has 2 fully saturated rings. The highest BCUT2D eigenvalue weighted by Gasteiger charge is 2.48. The van der Waals surface area contributed by atoms with Gasteiger partial charge < -0.3 is 24.7 Å². The molecule has 1 aliphatic heterocycles. The Kier molecular flexibility index (Phi) is 6.75. The van der Waals surface area contributed by atoms with Gasteiger partial charge in [0.2, 0.25) is 0 Å². The molecule has 2 aliphatic rings. The van der Waals surface area contributed by atoms with Gasteiger partial charge in [0.05, 0.1) is 18.7 Å². The number of aromatic nitrogens is 2. The zero-order valence-corrected chi connectivity index (χ0v) is 20.2. The second kappa shape index (κ2) is 9.95. The fourth-order valence-corrected chi connectivity index (χ4v) is 4.90. The van der Waals surface area contributed by atoms with Crippen LogP contribution >= 0.6 is 0 Å². The zero-order chi connectivity index (χ0) is 24.4. The van der Waals surface area contributed by atoms with Crippen molar-refractivity contribution >= 4 is 22.4 Å². The fraction of sp³-hybridized carbons (Fsp3) is 0.481. The van der Waals surface area contributed by atoms with Crippen LogP contribution in [0.1, 0.15) is 43.0 Å². The van der Waals surface area contributed by atoms with Gasteiger partial charge in [0.15, 0.2) is 11.5 Å². The number of piperidine rings is 1. The van der Waals surface area contributed by atoms with Gasteiger partial charge in [0, 0.05) is 37.8 Å². The van der Waals surface area contributed by atoms with E-state index >= 15 is 4.39 Å². The minimum Gasteiger partial charge on any atom is -0.491 e. The van der Waals surface area contributed by atoms with Crippen molar-refractivity contribution in [3.8, 4) is 5.75 Å². The first-order valence-corrected chi connectivity index (χ1v) is 12.4. The van der Waals surface area contributed by atoms with E-state index in [2.05, 4.69) is 16.0 Å². The van der Waals surface area contributed by atoms with Crippen LogP contribution in [0.15, 0.2) is 42.5 Å². The molecular formula is C27H33FN4O3. The largest absolute Gasteiger partial charge is 0.491 e. The zero-order valence-electron chi connectivity index (χ0n) is 20.2. The maximum Gasteiger partial charge on any atom is 0.170 e. The summed E-state index contributed by atoms with van der Waals surface area (Å²) < 4.78 is 20.8. The highest BCUT2D eigenvalue weighted by atomic mass is 19.1. The van der Waals surface area contributed by atoms with Gasteiger partial charge in [-0.15, -0.1) is 0 Å². The van der Waals surface area contributed by atoms with Gasteiger partial charge in [-0.1, -0.05) is 18.2 Å². The van der Waals surface area contributed by atoms with Crippen LogP contribution in [-0.2, 0) is 5.67 Å². The smallest absolute Gasteiger partial charge is 0.170 e. The number of rotatable bonds is 9. The van der Waals surface area contributed by atoms with Crippen LogP contribution in [0.25, 0.3) is 10.9 Å². The lowest BCUT2D eigenvalue weighted by Gasteiger charge is -2.34. The van der Waals surface area contributed by atoms with Crippen LogP contribution in [0.4, 0.5) is 15.9 Å². The van der Waals surface area contributed by atoms with Crippen LogP contribution in [0.3, 0.4) is 0 Å². The molecule has 7 nitrogen and oxygen atoms in total. The van der Waals surface area contributed by atoms with E-state index in [0.717, 1.165) is 54.1 Å². The van der Waals surface area contributed by atoms with Gasteiger partial charge in [0.1, 0.15) is 18.2 Å². The van der Waals surface area contributed by atoms with Crippen LogP contribution < -0.4 is 14.5 Å². The number of hydrogen-bond donors (Lipinski definition) is 2. The molecule has 35 heavy (non-hydrogen) atoms. The molecule has 2 aromatic carbocycles. The molecule has 0 bridgehead atoms. The Morgan fingerprint density at radius 3 is 2.57 bits per heavy atom. The molecule has 1 saturated carbocycles. The Morgan fingerprint density at radius 2 is 1.86 bits per heavy atom. The van der Waals surface area contributed by atoms with Crippen molar-refractivity contribution < 1.29 is 19.3 Å². The molecule has 186 valence electrons. The number of para-hydroxylation sites is 1. The van der Waals surface area contributed by atoms with Crippen molar-refractivity contribution in [2.45, 2.75) is 37.3 Å². The number of alkyl halides is 1. The van der Waals surface area contributed by atoms with E-state index in [1.807, 2.05) is 48.3 Å². The third kappa shape index (κ3) is 4.90. The fourth-order valence-electron chi connectivity index (χ4n) is 4.90. The normalized spacial score (nSPS) is 17.5. The lowest BCUT2D eigenvalue weighted by Crippen LogP contribution is -2.34. The summed E-state index contributed by atoms with van der Waals surface area (Å²) in [5.74, 6) is 2.26. The second-order valence-corrected chi connectivity index (χ2v) is 9.55. The minimum atomic E-state index is -1.41. The summed E-state index contributed by atoms with van der Waals surface area (Å²) in [4.78, 5) is 13.6. The lowest BCUT2D eigenvalue weighted by molar-refractivity contribution is 0.199. The lowest BCUT2D eigenvalue weighted by atomic mass is 9.88. The van der Waals surface area contributed by atoms with Crippen molar-refractivity contribution in [1.82, 2.24) is 9.97 Å². The minimum absolute atomic E-state index is 0.0125. The van der Waals surface area contributed by atoms with Crippen molar-refractivity contribution in [3.05, 3.63) is 53.9 Å². The molecule has 2 N–H and O–H groups in total. The van der Waals surface area contributed by atoms with Gasteiger partial charge in [0.25, 0.3) is 0 Å². The van der Waals surface area contributed by atoms with Crippen LogP contribution in [0.5, 0.6) is 5.75 Å². The average Bonchev–Trinajstić information content (AvgIpc) is 3.65. The van der Waals surface area contributed by atoms with E-state index in [0.29, 0.717) is 31.1 Å². The number of hydrogen-bond acceptors (Lipinski definition) is 7. The van der Waals surface area contributed by atoms with Gasteiger partial charge in [-0.3, -0.25) is 0 Å². The number of benzene rings is 2. The van der Waals surface area contributed by atoms with E-state index in [-0.39, 0.29) is 19.8 Å². The Hall–Kier alpha value is -2.97. The number of ether oxygens (including phenoxy) is 1. The summed E-state index contributed by atoms with van der Waals surface area (Å²) >= 11 is 0. The van der Waals surface area contributed by atoms with E-state index in [1.54, 1.807) is 0 Å². The molecule has 0 radical (unpaired) electrons. The number of anilines is 2. The predicted molar refractivity (Wildman–Crippen MR) is 135 cm³/mol. The summed E-state index contributed by atoms with van der Waals surface area (Å²) in [6, 6.07) is 14.0. The highest BCUT2D eigenvalue weighted by molar-refractivity contribution is 5.92. The molecule has 1 saturated heterocycles. The highest BCUT2D eigenvalue weighted by Crippen LogP contribution is 2.49. The summed E-state index contributed by atoms with van der Waals surface area (Å²) in [7, 11) is 1.94. The van der Waals surface area contributed by atoms with E-state index in [1.165, 1.54) is 5.56 Å². The van der Waals surface area contributed by atoms with Crippen molar-refractivity contribution in [3.63, 3.8) is 0 Å². The first-order chi connectivity index (χ1) is 17.0. The van der Waals surface area contributed by atoms with Crippen molar-refractivity contribution in [1.29, 1.82) is 0 Å².